The highest BCUT2D eigenvalue weighted by atomic mass is 16.6. The first-order valence-corrected chi connectivity index (χ1v) is 12.6. The minimum Gasteiger partial charge on any atom is -0.459 e. The number of hydrogen-bond acceptors (Lipinski definition) is 5. The molecule has 2 atom stereocenters. The molecule has 0 fully saturated rings. The van der Waals surface area contributed by atoms with Gasteiger partial charge in [0, 0.05) is 23.5 Å². The van der Waals surface area contributed by atoms with Crippen molar-refractivity contribution in [3.8, 4) is 0 Å². The van der Waals surface area contributed by atoms with E-state index in [9.17, 15) is 14.4 Å². The van der Waals surface area contributed by atoms with Crippen molar-refractivity contribution in [2.75, 3.05) is 0 Å². The van der Waals surface area contributed by atoms with E-state index in [2.05, 4.69) is 15.6 Å². The molecule has 0 radical (unpaired) electrons. The molecule has 2 amide bonds. The molecular weight excluding hydrogens is 470 g/mol. The molecule has 0 saturated carbocycles. The molecule has 0 aliphatic heterocycles. The number of aromatic nitrogens is 1. The van der Waals surface area contributed by atoms with Crippen LogP contribution in [0.4, 0.5) is 4.79 Å². The monoisotopic (exact) mass is 507 g/mol. The van der Waals surface area contributed by atoms with Crippen molar-refractivity contribution in [2.45, 2.75) is 71.8 Å². The Balaban J connectivity index is 1.77. The number of benzene rings is 2. The van der Waals surface area contributed by atoms with Crippen molar-refractivity contribution in [1.29, 1.82) is 0 Å². The van der Waals surface area contributed by atoms with Crippen molar-refractivity contribution in [2.24, 2.45) is 5.92 Å². The van der Waals surface area contributed by atoms with Gasteiger partial charge in [0.25, 0.3) is 0 Å². The quantitative estimate of drug-likeness (QED) is 0.339. The second-order valence-electron chi connectivity index (χ2n) is 10.5. The molecule has 8 heteroatoms. The van der Waals surface area contributed by atoms with Crippen LogP contribution in [0, 0.1) is 5.92 Å². The number of fused-ring (bicyclic) bond motifs is 1. The smallest absolute Gasteiger partial charge is 0.408 e. The van der Waals surface area contributed by atoms with Gasteiger partial charge >= 0.3 is 12.1 Å². The molecular formula is C29H37N3O5. The molecule has 0 aliphatic rings. The summed E-state index contributed by atoms with van der Waals surface area (Å²) < 4.78 is 10.9. The van der Waals surface area contributed by atoms with Crippen molar-refractivity contribution in [3.05, 3.63) is 71.9 Å². The average Bonchev–Trinajstić information content (AvgIpc) is 3.23. The molecule has 0 saturated heterocycles. The summed E-state index contributed by atoms with van der Waals surface area (Å²) in [6.07, 6.45) is 1.72. The molecule has 3 rings (SSSR count). The lowest BCUT2D eigenvalue weighted by molar-refractivity contribution is -0.149. The lowest BCUT2D eigenvalue weighted by Crippen LogP contribution is -2.53. The summed E-state index contributed by atoms with van der Waals surface area (Å²) in [5.74, 6) is -0.882. The van der Waals surface area contributed by atoms with Crippen LogP contribution in [0.2, 0.25) is 0 Å². The van der Waals surface area contributed by atoms with Crippen LogP contribution in [0.25, 0.3) is 10.9 Å². The van der Waals surface area contributed by atoms with Crippen LogP contribution >= 0.6 is 0 Å². The van der Waals surface area contributed by atoms with E-state index in [-0.39, 0.29) is 18.9 Å². The number of hydrogen-bond donors (Lipinski definition) is 3. The minimum absolute atomic E-state index is 0.110. The summed E-state index contributed by atoms with van der Waals surface area (Å²) in [6, 6.07) is 15.3. The van der Waals surface area contributed by atoms with E-state index in [1.807, 2.05) is 74.6 Å². The van der Waals surface area contributed by atoms with Crippen molar-refractivity contribution >= 4 is 28.9 Å². The average molecular weight is 508 g/mol. The van der Waals surface area contributed by atoms with Gasteiger partial charge in [-0.25, -0.2) is 9.59 Å². The fourth-order valence-corrected chi connectivity index (χ4v) is 3.97. The second kappa shape index (κ2) is 12.4. The van der Waals surface area contributed by atoms with E-state index in [0.29, 0.717) is 6.42 Å². The Morgan fingerprint density at radius 1 is 0.919 bits per heavy atom. The number of H-pyrrole nitrogens is 1. The zero-order chi connectivity index (χ0) is 27.0. The number of para-hydroxylation sites is 1. The predicted octanol–water partition coefficient (Wildman–Crippen LogP) is 4.88. The maximum Gasteiger partial charge on any atom is 0.408 e. The number of ether oxygens (including phenoxy) is 2. The standard InChI is InChI=1S/C29H37N3O5/c1-19(2)15-25(27(34)36-18-20-11-7-6-8-12-20)31-26(33)24(32-28(35)37-29(3,4)5)16-21-17-30-23-14-10-9-13-22(21)23/h6-14,17,19,24-25,30H,15-16,18H2,1-5H3,(H,31,33)(H,32,35)/t24-,25-/m0/s1. The molecule has 0 spiro atoms. The lowest BCUT2D eigenvalue weighted by atomic mass is 10.0. The molecule has 3 N–H and O–H groups in total. The van der Waals surface area contributed by atoms with Gasteiger partial charge in [0.05, 0.1) is 0 Å². The molecule has 1 heterocycles. The molecule has 198 valence electrons. The highest BCUT2D eigenvalue weighted by Crippen LogP contribution is 2.20. The number of nitrogens with one attached hydrogen (secondary N) is 3. The highest BCUT2D eigenvalue weighted by molar-refractivity contribution is 5.91. The third-order valence-electron chi connectivity index (χ3n) is 5.64. The Labute approximate surface area is 218 Å². The largest absolute Gasteiger partial charge is 0.459 e. The maximum atomic E-state index is 13.5. The second-order valence-corrected chi connectivity index (χ2v) is 10.5. The van der Waals surface area contributed by atoms with E-state index >= 15 is 0 Å². The van der Waals surface area contributed by atoms with Gasteiger partial charge < -0.3 is 25.1 Å². The molecule has 0 aliphatic carbocycles. The Bertz CT molecular complexity index is 1200. The summed E-state index contributed by atoms with van der Waals surface area (Å²) in [4.78, 5) is 42.2. The fraction of sp³-hybridized carbons (Fsp3) is 0.414. The topological polar surface area (TPSA) is 110 Å². The van der Waals surface area contributed by atoms with Crippen LogP contribution in [0.3, 0.4) is 0 Å². The molecule has 1 aromatic heterocycles. The van der Waals surface area contributed by atoms with Gasteiger partial charge in [-0.2, -0.15) is 0 Å². The van der Waals surface area contributed by atoms with Crippen molar-refractivity contribution in [1.82, 2.24) is 15.6 Å². The number of rotatable bonds is 10. The van der Waals surface area contributed by atoms with Gasteiger partial charge in [-0.15, -0.1) is 0 Å². The first kappa shape index (κ1) is 27.8. The van der Waals surface area contributed by atoms with Crippen LogP contribution in [0.5, 0.6) is 0 Å². The van der Waals surface area contributed by atoms with Crippen LogP contribution in [0.15, 0.2) is 60.8 Å². The third kappa shape index (κ3) is 8.66. The third-order valence-corrected chi connectivity index (χ3v) is 5.64. The number of alkyl carbamates (subject to hydrolysis) is 1. The van der Waals surface area contributed by atoms with E-state index in [1.54, 1.807) is 20.8 Å². The number of aromatic amines is 1. The maximum absolute atomic E-state index is 13.5. The number of carbonyl (C=O) groups excluding carboxylic acids is 3. The summed E-state index contributed by atoms with van der Waals surface area (Å²) in [7, 11) is 0. The molecule has 0 bridgehead atoms. The summed E-state index contributed by atoms with van der Waals surface area (Å²) >= 11 is 0. The highest BCUT2D eigenvalue weighted by Gasteiger charge is 2.30. The van der Waals surface area contributed by atoms with Gasteiger partial charge in [0.1, 0.15) is 24.3 Å². The van der Waals surface area contributed by atoms with Gasteiger partial charge in [0.2, 0.25) is 5.91 Å². The SMILES string of the molecule is CC(C)C[C@H](NC(=O)[C@H](Cc1c[nH]c2ccccc12)NC(=O)OC(C)(C)C)C(=O)OCc1ccccc1. The molecule has 37 heavy (non-hydrogen) atoms. The molecule has 8 nitrogen and oxygen atoms in total. The van der Waals surface area contributed by atoms with E-state index in [0.717, 1.165) is 22.0 Å². The summed E-state index contributed by atoms with van der Waals surface area (Å²) in [5, 5.41) is 6.46. The number of esters is 1. The first-order chi connectivity index (χ1) is 17.5. The molecule has 2 aromatic carbocycles. The number of amides is 2. The zero-order valence-corrected chi connectivity index (χ0v) is 22.2. The normalized spacial score (nSPS) is 13.1. The Morgan fingerprint density at radius 2 is 1.59 bits per heavy atom. The van der Waals surface area contributed by atoms with Crippen LogP contribution in [0.1, 0.15) is 52.2 Å². The fourth-order valence-electron chi connectivity index (χ4n) is 3.97. The van der Waals surface area contributed by atoms with Crippen LogP contribution in [-0.4, -0.2) is 40.6 Å². The summed E-state index contributed by atoms with van der Waals surface area (Å²) in [6.45, 7) is 9.30. The van der Waals surface area contributed by atoms with Crippen molar-refractivity contribution in [3.63, 3.8) is 0 Å². The first-order valence-electron chi connectivity index (χ1n) is 12.6. The lowest BCUT2D eigenvalue weighted by Gasteiger charge is -2.25. The zero-order valence-electron chi connectivity index (χ0n) is 22.2. The van der Waals surface area contributed by atoms with Gasteiger partial charge in [-0.05, 0) is 50.3 Å². The molecule has 0 unspecified atom stereocenters. The van der Waals surface area contributed by atoms with Gasteiger partial charge in [-0.1, -0.05) is 62.4 Å². The summed E-state index contributed by atoms with van der Waals surface area (Å²) in [5.41, 5.74) is 1.91. The van der Waals surface area contributed by atoms with Crippen molar-refractivity contribution < 1.29 is 23.9 Å². The van der Waals surface area contributed by atoms with Gasteiger partial charge in [-0.3, -0.25) is 4.79 Å². The Hall–Kier alpha value is -3.81. The minimum atomic E-state index is -0.967. The molecule has 3 aromatic rings. The van der Waals surface area contributed by atoms with Gasteiger partial charge in [0.15, 0.2) is 0 Å². The van der Waals surface area contributed by atoms with E-state index in [4.69, 9.17) is 9.47 Å². The number of carbonyl (C=O) groups is 3. The van der Waals surface area contributed by atoms with E-state index < -0.39 is 35.7 Å². The predicted molar refractivity (Wildman–Crippen MR) is 143 cm³/mol. The van der Waals surface area contributed by atoms with Crippen LogP contribution < -0.4 is 10.6 Å². The Morgan fingerprint density at radius 3 is 2.27 bits per heavy atom. The van der Waals surface area contributed by atoms with Crippen LogP contribution in [-0.2, 0) is 32.1 Å². The van der Waals surface area contributed by atoms with E-state index in [1.165, 1.54) is 0 Å². The Kier molecular flexibility index (Phi) is 9.33.